The molecular weight excluding hydrogens is 328 g/mol. The van der Waals surface area contributed by atoms with Crippen LogP contribution in [-0.2, 0) is 4.79 Å². The van der Waals surface area contributed by atoms with Crippen molar-refractivity contribution in [2.24, 2.45) is 0 Å². The molecule has 1 atom stereocenters. The first-order valence-corrected chi connectivity index (χ1v) is 7.68. The summed E-state index contributed by atoms with van der Waals surface area (Å²) < 4.78 is 4.64. The molecule has 2 rings (SSSR count). The normalized spacial score (nSPS) is 11.6. The molecule has 1 unspecified atom stereocenters. The van der Waals surface area contributed by atoms with Gasteiger partial charge in [0.1, 0.15) is 12.8 Å². The molecule has 25 heavy (non-hydrogen) atoms. The molecular formula is C16H18N4O5. The van der Waals surface area contributed by atoms with Crippen molar-refractivity contribution in [3.05, 3.63) is 52.3 Å². The van der Waals surface area contributed by atoms with E-state index in [1.165, 1.54) is 41.5 Å². The number of rotatable bonds is 7. The molecule has 9 nitrogen and oxygen atoms in total. The van der Waals surface area contributed by atoms with Gasteiger partial charge in [-0.05, 0) is 25.5 Å². The topological polar surface area (TPSA) is 119 Å². The fourth-order valence-corrected chi connectivity index (χ4v) is 2.15. The van der Waals surface area contributed by atoms with Gasteiger partial charge in [0, 0.05) is 29.8 Å². The lowest BCUT2D eigenvalue weighted by Gasteiger charge is -2.28. The van der Waals surface area contributed by atoms with Crippen molar-refractivity contribution in [3.8, 4) is 0 Å². The molecule has 0 saturated carbocycles. The number of non-ortho nitro benzene ring substituents is 1. The lowest BCUT2D eigenvalue weighted by atomic mass is 10.1. The SMILES string of the molecule is CCC(C)N(CC(=O)Nc1ccon1)C(=O)c1ccc([N+](=O)[O-])cc1. The molecule has 9 heteroatoms. The number of carbonyl (C=O) groups is 2. The van der Waals surface area contributed by atoms with E-state index in [-0.39, 0.29) is 35.6 Å². The molecule has 0 aliphatic rings. The van der Waals surface area contributed by atoms with Crippen LogP contribution in [0.3, 0.4) is 0 Å². The number of nitrogens with one attached hydrogen (secondary N) is 1. The van der Waals surface area contributed by atoms with Crippen LogP contribution in [0.25, 0.3) is 0 Å². The van der Waals surface area contributed by atoms with Crippen LogP contribution >= 0.6 is 0 Å². The van der Waals surface area contributed by atoms with E-state index in [4.69, 9.17) is 0 Å². The summed E-state index contributed by atoms with van der Waals surface area (Å²) in [5.41, 5.74) is 0.176. The Morgan fingerprint density at radius 2 is 2.00 bits per heavy atom. The van der Waals surface area contributed by atoms with Gasteiger partial charge in [0.15, 0.2) is 5.82 Å². The Balaban J connectivity index is 2.13. The minimum absolute atomic E-state index is 0.101. The molecule has 0 radical (unpaired) electrons. The van der Waals surface area contributed by atoms with E-state index < -0.39 is 10.8 Å². The third-order valence-electron chi connectivity index (χ3n) is 3.73. The average molecular weight is 346 g/mol. The summed E-state index contributed by atoms with van der Waals surface area (Å²) >= 11 is 0. The van der Waals surface area contributed by atoms with E-state index in [0.717, 1.165) is 0 Å². The second kappa shape index (κ2) is 8.04. The second-order valence-corrected chi connectivity index (χ2v) is 5.43. The molecule has 0 spiro atoms. The molecule has 1 aromatic heterocycles. The summed E-state index contributed by atoms with van der Waals surface area (Å²) in [6.45, 7) is 3.56. The van der Waals surface area contributed by atoms with Gasteiger partial charge >= 0.3 is 0 Å². The number of hydrogen-bond donors (Lipinski definition) is 1. The average Bonchev–Trinajstić information content (AvgIpc) is 3.11. The fraction of sp³-hybridized carbons (Fsp3) is 0.312. The summed E-state index contributed by atoms with van der Waals surface area (Å²) in [6.07, 6.45) is 1.97. The van der Waals surface area contributed by atoms with Crippen molar-refractivity contribution in [2.75, 3.05) is 11.9 Å². The van der Waals surface area contributed by atoms with Crippen molar-refractivity contribution < 1.29 is 19.0 Å². The minimum atomic E-state index is -0.536. The Kier molecular flexibility index (Phi) is 5.83. The van der Waals surface area contributed by atoms with Crippen LogP contribution in [0, 0.1) is 10.1 Å². The van der Waals surface area contributed by atoms with Crippen molar-refractivity contribution in [2.45, 2.75) is 26.3 Å². The van der Waals surface area contributed by atoms with Crippen LogP contribution in [0.15, 0.2) is 41.1 Å². The van der Waals surface area contributed by atoms with Crippen LogP contribution in [0.2, 0.25) is 0 Å². The number of benzene rings is 1. The maximum Gasteiger partial charge on any atom is 0.269 e. The summed E-state index contributed by atoms with van der Waals surface area (Å²) in [5, 5.41) is 16.8. The quantitative estimate of drug-likeness (QED) is 0.607. The first-order valence-electron chi connectivity index (χ1n) is 7.68. The van der Waals surface area contributed by atoms with Crippen LogP contribution in [0.1, 0.15) is 30.6 Å². The molecule has 1 aromatic carbocycles. The minimum Gasteiger partial charge on any atom is -0.363 e. The van der Waals surface area contributed by atoms with Crippen molar-refractivity contribution >= 4 is 23.3 Å². The van der Waals surface area contributed by atoms with Crippen molar-refractivity contribution in [3.63, 3.8) is 0 Å². The van der Waals surface area contributed by atoms with Gasteiger partial charge in [-0.15, -0.1) is 0 Å². The second-order valence-electron chi connectivity index (χ2n) is 5.43. The highest BCUT2D eigenvalue weighted by Crippen LogP contribution is 2.16. The Morgan fingerprint density at radius 3 is 2.52 bits per heavy atom. The maximum atomic E-state index is 12.7. The molecule has 2 amide bonds. The van der Waals surface area contributed by atoms with Gasteiger partial charge in [0.05, 0.1) is 4.92 Å². The zero-order valence-electron chi connectivity index (χ0n) is 13.8. The van der Waals surface area contributed by atoms with E-state index in [2.05, 4.69) is 15.0 Å². The van der Waals surface area contributed by atoms with Crippen molar-refractivity contribution in [1.82, 2.24) is 10.1 Å². The van der Waals surface area contributed by atoms with Gasteiger partial charge in [-0.1, -0.05) is 12.1 Å². The first-order chi connectivity index (χ1) is 11.9. The molecule has 2 aromatic rings. The Labute approximate surface area is 143 Å². The summed E-state index contributed by atoms with van der Waals surface area (Å²) in [7, 11) is 0. The number of amides is 2. The lowest BCUT2D eigenvalue weighted by molar-refractivity contribution is -0.384. The molecule has 0 saturated heterocycles. The number of nitrogens with zero attached hydrogens (tertiary/aromatic N) is 3. The Hall–Kier alpha value is -3.23. The zero-order chi connectivity index (χ0) is 18.4. The summed E-state index contributed by atoms with van der Waals surface area (Å²) in [6, 6.07) is 6.58. The van der Waals surface area contributed by atoms with Gasteiger partial charge in [-0.3, -0.25) is 19.7 Å². The van der Waals surface area contributed by atoms with E-state index >= 15 is 0 Å². The van der Waals surface area contributed by atoms with Gasteiger partial charge in [-0.2, -0.15) is 0 Å². The summed E-state index contributed by atoms with van der Waals surface area (Å²) in [4.78, 5) is 36.4. The van der Waals surface area contributed by atoms with E-state index in [0.29, 0.717) is 6.42 Å². The predicted octanol–water partition coefficient (Wildman–Crippen LogP) is 2.46. The Morgan fingerprint density at radius 1 is 1.32 bits per heavy atom. The number of hydrogen-bond acceptors (Lipinski definition) is 6. The van der Waals surface area contributed by atoms with E-state index in [1.54, 1.807) is 0 Å². The first kappa shape index (κ1) is 18.1. The van der Waals surface area contributed by atoms with Gasteiger partial charge in [0.25, 0.3) is 11.6 Å². The van der Waals surface area contributed by atoms with Gasteiger partial charge < -0.3 is 14.7 Å². The van der Waals surface area contributed by atoms with Crippen LogP contribution in [-0.4, -0.2) is 39.4 Å². The molecule has 0 aliphatic heterocycles. The molecule has 1 heterocycles. The lowest BCUT2D eigenvalue weighted by Crippen LogP contribution is -2.43. The van der Waals surface area contributed by atoms with Crippen molar-refractivity contribution in [1.29, 1.82) is 0 Å². The fourth-order valence-electron chi connectivity index (χ4n) is 2.15. The van der Waals surface area contributed by atoms with Gasteiger partial charge in [0.2, 0.25) is 5.91 Å². The molecule has 0 bridgehead atoms. The van der Waals surface area contributed by atoms with E-state index in [9.17, 15) is 19.7 Å². The smallest absolute Gasteiger partial charge is 0.269 e. The number of carbonyl (C=O) groups excluding carboxylic acids is 2. The van der Waals surface area contributed by atoms with E-state index in [1.807, 2.05) is 13.8 Å². The van der Waals surface area contributed by atoms with Crippen LogP contribution < -0.4 is 5.32 Å². The molecule has 132 valence electrons. The number of nitro groups is 1. The Bertz CT molecular complexity index is 742. The van der Waals surface area contributed by atoms with Crippen LogP contribution in [0.4, 0.5) is 11.5 Å². The molecule has 0 fully saturated rings. The van der Waals surface area contributed by atoms with Gasteiger partial charge in [-0.25, -0.2) is 0 Å². The molecule has 0 aliphatic carbocycles. The highest BCUT2D eigenvalue weighted by Gasteiger charge is 2.24. The third kappa shape index (κ3) is 4.63. The van der Waals surface area contributed by atoms with Crippen LogP contribution in [0.5, 0.6) is 0 Å². The predicted molar refractivity (Wildman–Crippen MR) is 89.0 cm³/mol. The molecule has 1 N–H and O–H groups in total. The number of anilines is 1. The number of nitro benzene ring substituents is 1. The largest absolute Gasteiger partial charge is 0.363 e. The monoisotopic (exact) mass is 346 g/mol. The summed E-state index contributed by atoms with van der Waals surface area (Å²) in [5.74, 6) is -0.527. The highest BCUT2D eigenvalue weighted by atomic mass is 16.6. The highest BCUT2D eigenvalue weighted by molar-refractivity contribution is 5.99. The number of aromatic nitrogens is 1. The zero-order valence-corrected chi connectivity index (χ0v) is 13.8. The third-order valence-corrected chi connectivity index (χ3v) is 3.73. The standard InChI is InChI=1S/C16H18N4O5/c1-3-11(2)19(10-15(21)17-14-8-9-25-18-14)16(22)12-4-6-13(7-5-12)20(23)24/h4-9,11H,3,10H2,1-2H3,(H,17,18,21). The maximum absolute atomic E-state index is 12.7.